The highest BCUT2D eigenvalue weighted by Gasteiger charge is 2.26. The van der Waals surface area contributed by atoms with Crippen LogP contribution in [0.15, 0.2) is 53.6 Å². The molecule has 0 saturated carbocycles. The van der Waals surface area contributed by atoms with Crippen molar-refractivity contribution in [1.29, 1.82) is 10.5 Å². The first-order valence-electron chi connectivity index (χ1n) is 11.4. The first-order valence-corrected chi connectivity index (χ1v) is 12.3. The zero-order valence-electron chi connectivity index (χ0n) is 20.0. The molecule has 1 heterocycles. The summed E-state index contributed by atoms with van der Waals surface area (Å²) in [6.45, 7) is 6.29. The van der Waals surface area contributed by atoms with Crippen LogP contribution in [0.5, 0.6) is 5.75 Å². The lowest BCUT2D eigenvalue weighted by atomic mass is 9.96. The van der Waals surface area contributed by atoms with Crippen LogP contribution in [-0.4, -0.2) is 22.7 Å². The molecule has 0 aliphatic rings. The average molecular weight is 486 g/mol. The molecule has 7 nitrogen and oxygen atoms in total. The van der Waals surface area contributed by atoms with Crippen LogP contribution in [0.3, 0.4) is 0 Å². The van der Waals surface area contributed by atoms with Gasteiger partial charge in [-0.3, -0.25) is 4.79 Å². The third kappa shape index (κ3) is 5.74. The summed E-state index contributed by atoms with van der Waals surface area (Å²) in [7, 11) is 0. The number of nitrogens with two attached hydrogens (primary N) is 1. The van der Waals surface area contributed by atoms with Gasteiger partial charge in [-0.2, -0.15) is 10.5 Å². The average Bonchev–Trinajstić information content (AvgIpc) is 2.88. The predicted octanol–water partition coefficient (Wildman–Crippen LogP) is 5.54. The fraction of sp³-hybridized carbons (Fsp3) is 0.259. The van der Waals surface area contributed by atoms with Gasteiger partial charge in [0.05, 0.1) is 23.1 Å². The van der Waals surface area contributed by atoms with Crippen LogP contribution in [-0.2, 0) is 11.2 Å². The van der Waals surface area contributed by atoms with Crippen molar-refractivity contribution in [2.24, 2.45) is 0 Å². The summed E-state index contributed by atoms with van der Waals surface area (Å²) in [5, 5.41) is 22.5. The van der Waals surface area contributed by atoms with Gasteiger partial charge in [-0.1, -0.05) is 62.0 Å². The maximum Gasteiger partial charge on any atom is 0.238 e. The van der Waals surface area contributed by atoms with E-state index < -0.39 is 5.25 Å². The highest BCUT2D eigenvalue weighted by Crippen LogP contribution is 2.38. The fourth-order valence-electron chi connectivity index (χ4n) is 3.60. The number of nitriles is 2. The molecule has 1 atom stereocenters. The summed E-state index contributed by atoms with van der Waals surface area (Å²) in [5.41, 5.74) is 9.37. The molecule has 0 saturated heterocycles. The second-order valence-corrected chi connectivity index (χ2v) is 8.83. The molecule has 0 spiro atoms. The fourth-order valence-corrected chi connectivity index (χ4v) is 4.62. The van der Waals surface area contributed by atoms with Gasteiger partial charge in [-0.05, 0) is 43.0 Å². The number of amides is 1. The summed E-state index contributed by atoms with van der Waals surface area (Å²) >= 11 is 1.16. The normalized spacial score (nSPS) is 11.2. The van der Waals surface area contributed by atoms with Gasteiger partial charge in [0, 0.05) is 5.56 Å². The van der Waals surface area contributed by atoms with Crippen molar-refractivity contribution >= 4 is 29.2 Å². The van der Waals surface area contributed by atoms with Gasteiger partial charge in [0.15, 0.2) is 0 Å². The molecule has 1 amide bonds. The van der Waals surface area contributed by atoms with Crippen LogP contribution >= 0.6 is 11.8 Å². The number of thioether (sulfide) groups is 1. The largest absolute Gasteiger partial charge is 0.492 e. The summed E-state index contributed by atoms with van der Waals surface area (Å²) < 4.78 is 5.60. The number of benzene rings is 2. The number of anilines is 2. The van der Waals surface area contributed by atoms with Crippen LogP contribution < -0.4 is 15.8 Å². The molecule has 3 rings (SSSR count). The molecule has 0 radical (unpaired) electrons. The van der Waals surface area contributed by atoms with Gasteiger partial charge in [0.2, 0.25) is 5.91 Å². The second-order valence-electron chi connectivity index (χ2n) is 7.63. The quantitative estimate of drug-likeness (QED) is 0.381. The van der Waals surface area contributed by atoms with Crippen LogP contribution in [0, 0.1) is 22.7 Å². The molecule has 35 heavy (non-hydrogen) atoms. The standard InChI is InChI=1S/C27H27N5O2S/c1-4-17-11-13-18(14-12-17)24-19(15-28)25(30)32-27(20(24)16-29)35-23(5-2)26(33)31-21-9-7-8-10-22(21)34-6-3/h7-14,23H,4-6H2,1-3H3,(H2,30,32)(H,31,33). The van der Waals surface area contributed by atoms with E-state index in [1.165, 1.54) is 0 Å². The van der Waals surface area contributed by atoms with Crippen molar-refractivity contribution in [2.75, 3.05) is 17.7 Å². The summed E-state index contributed by atoms with van der Waals surface area (Å²) in [4.78, 5) is 17.5. The zero-order valence-corrected chi connectivity index (χ0v) is 20.8. The third-order valence-corrected chi connectivity index (χ3v) is 6.78. The summed E-state index contributed by atoms with van der Waals surface area (Å²) in [6.07, 6.45) is 1.36. The van der Waals surface area contributed by atoms with Crippen molar-refractivity contribution < 1.29 is 9.53 Å². The van der Waals surface area contributed by atoms with Gasteiger partial charge >= 0.3 is 0 Å². The Bertz CT molecular complexity index is 1290. The van der Waals surface area contributed by atoms with E-state index in [4.69, 9.17) is 10.5 Å². The molecule has 2 aromatic carbocycles. The lowest BCUT2D eigenvalue weighted by Crippen LogP contribution is -2.25. The Labute approximate surface area is 209 Å². The minimum absolute atomic E-state index is 0.0283. The van der Waals surface area contributed by atoms with Crippen LogP contribution in [0.1, 0.15) is 43.9 Å². The number of rotatable bonds is 9. The van der Waals surface area contributed by atoms with Crippen molar-refractivity contribution in [3.05, 3.63) is 65.2 Å². The SMILES string of the molecule is CCOc1ccccc1NC(=O)C(CC)Sc1nc(N)c(C#N)c(-c2ccc(CC)cc2)c1C#N. The molecular weight excluding hydrogens is 458 g/mol. The van der Waals surface area contributed by atoms with Gasteiger partial charge in [-0.15, -0.1) is 0 Å². The van der Waals surface area contributed by atoms with E-state index in [0.29, 0.717) is 40.6 Å². The molecule has 8 heteroatoms. The molecule has 178 valence electrons. The molecule has 0 aliphatic carbocycles. The monoisotopic (exact) mass is 485 g/mol. The molecule has 3 aromatic rings. The third-order valence-electron chi connectivity index (χ3n) is 5.43. The Kier molecular flexibility index (Phi) is 8.72. The highest BCUT2D eigenvalue weighted by molar-refractivity contribution is 8.00. The number of nitrogens with zero attached hydrogens (tertiary/aromatic N) is 3. The lowest BCUT2D eigenvalue weighted by Gasteiger charge is -2.18. The number of para-hydroxylation sites is 2. The number of nitrogen functional groups attached to an aromatic ring is 1. The summed E-state index contributed by atoms with van der Waals surface area (Å²) in [5.74, 6) is 0.368. The zero-order chi connectivity index (χ0) is 25.4. The van der Waals surface area contributed by atoms with E-state index in [0.717, 1.165) is 23.7 Å². The molecule has 0 fully saturated rings. The molecule has 1 aromatic heterocycles. The first kappa shape index (κ1) is 25.6. The van der Waals surface area contributed by atoms with Gasteiger partial charge in [-0.25, -0.2) is 4.98 Å². The second kappa shape index (κ2) is 11.9. The number of pyridine rings is 1. The van der Waals surface area contributed by atoms with E-state index in [2.05, 4.69) is 29.4 Å². The minimum Gasteiger partial charge on any atom is -0.492 e. The highest BCUT2D eigenvalue weighted by atomic mass is 32.2. The molecular formula is C27H27N5O2S. The Morgan fingerprint density at radius 2 is 1.77 bits per heavy atom. The Morgan fingerprint density at radius 3 is 2.37 bits per heavy atom. The van der Waals surface area contributed by atoms with Crippen molar-refractivity contribution in [2.45, 2.75) is 43.9 Å². The van der Waals surface area contributed by atoms with Gasteiger partial charge < -0.3 is 15.8 Å². The molecule has 1 unspecified atom stereocenters. The smallest absolute Gasteiger partial charge is 0.238 e. The number of carbonyl (C=O) groups is 1. The van der Waals surface area contributed by atoms with Crippen LogP contribution in [0.2, 0.25) is 0 Å². The molecule has 0 bridgehead atoms. The number of carbonyl (C=O) groups excluding carboxylic acids is 1. The Hall–Kier alpha value is -4.01. The van der Waals surface area contributed by atoms with Crippen LogP contribution in [0.4, 0.5) is 11.5 Å². The summed E-state index contributed by atoms with van der Waals surface area (Å²) in [6, 6.07) is 19.2. The predicted molar refractivity (Wildman–Crippen MR) is 139 cm³/mol. The van der Waals surface area contributed by atoms with Gasteiger partial charge in [0.25, 0.3) is 0 Å². The number of aryl methyl sites for hydroxylation is 1. The van der Waals surface area contributed by atoms with E-state index in [1.807, 2.05) is 50.2 Å². The topological polar surface area (TPSA) is 125 Å². The Balaban J connectivity index is 1.99. The van der Waals surface area contributed by atoms with Crippen molar-refractivity contribution in [1.82, 2.24) is 4.98 Å². The van der Waals surface area contributed by atoms with Crippen LogP contribution in [0.25, 0.3) is 11.1 Å². The van der Waals surface area contributed by atoms with E-state index >= 15 is 0 Å². The maximum absolute atomic E-state index is 13.2. The minimum atomic E-state index is -0.549. The Morgan fingerprint density at radius 1 is 1.09 bits per heavy atom. The van der Waals surface area contributed by atoms with Crippen molar-refractivity contribution in [3.63, 3.8) is 0 Å². The first-order chi connectivity index (χ1) is 17.0. The molecule has 0 aliphatic heterocycles. The number of nitrogens with one attached hydrogen (secondary N) is 1. The van der Waals surface area contributed by atoms with E-state index in [9.17, 15) is 15.3 Å². The number of hydrogen-bond donors (Lipinski definition) is 2. The van der Waals surface area contributed by atoms with Crippen molar-refractivity contribution in [3.8, 4) is 29.0 Å². The number of hydrogen-bond acceptors (Lipinski definition) is 7. The van der Waals surface area contributed by atoms with Gasteiger partial charge in [0.1, 0.15) is 34.3 Å². The van der Waals surface area contributed by atoms with E-state index in [-0.39, 0.29) is 22.9 Å². The van der Waals surface area contributed by atoms with E-state index in [1.54, 1.807) is 12.1 Å². The molecule has 3 N–H and O–H groups in total. The number of ether oxygens (including phenoxy) is 1. The maximum atomic E-state index is 13.2. The lowest BCUT2D eigenvalue weighted by molar-refractivity contribution is -0.115. The number of aromatic nitrogens is 1.